The Labute approximate surface area is 111 Å². The fraction of sp³-hybridized carbons (Fsp3) is 0.500. The lowest BCUT2D eigenvalue weighted by Crippen LogP contribution is -2.59. The SMILES string of the molecule is CC1(O)CN(CCCn2c(=O)[nH]c3ccccc32)C1. The van der Waals surface area contributed by atoms with Gasteiger partial charge in [-0.15, -0.1) is 0 Å². The maximum atomic E-state index is 11.9. The number of hydrogen-bond donors (Lipinski definition) is 2. The maximum Gasteiger partial charge on any atom is 0.326 e. The monoisotopic (exact) mass is 261 g/mol. The van der Waals surface area contributed by atoms with E-state index in [-0.39, 0.29) is 5.69 Å². The molecule has 102 valence electrons. The molecule has 1 saturated heterocycles. The maximum absolute atomic E-state index is 11.9. The van der Waals surface area contributed by atoms with Crippen LogP contribution in [0, 0.1) is 0 Å². The van der Waals surface area contributed by atoms with Crippen LogP contribution in [0.1, 0.15) is 13.3 Å². The molecule has 0 bridgehead atoms. The number of nitrogens with one attached hydrogen (secondary N) is 1. The highest BCUT2D eigenvalue weighted by Crippen LogP contribution is 2.19. The van der Waals surface area contributed by atoms with Crippen LogP contribution in [0.15, 0.2) is 29.1 Å². The van der Waals surface area contributed by atoms with Crippen molar-refractivity contribution in [1.82, 2.24) is 14.5 Å². The standard InChI is InChI=1S/C14H19N3O2/c1-14(19)9-16(10-14)7-4-8-17-12-6-3-2-5-11(12)15-13(17)18/h2-3,5-6,19H,4,7-10H2,1H3,(H,15,18). The zero-order valence-corrected chi connectivity index (χ0v) is 11.1. The molecule has 1 fully saturated rings. The fourth-order valence-corrected chi connectivity index (χ4v) is 2.86. The lowest BCUT2D eigenvalue weighted by Gasteiger charge is -2.44. The quantitative estimate of drug-likeness (QED) is 0.855. The molecule has 1 aromatic carbocycles. The predicted octanol–water partition coefficient (Wildman–Crippen LogP) is 0.786. The van der Waals surface area contributed by atoms with Crippen molar-refractivity contribution in [3.8, 4) is 0 Å². The van der Waals surface area contributed by atoms with Gasteiger partial charge in [-0.05, 0) is 25.5 Å². The van der Waals surface area contributed by atoms with Crippen LogP contribution in [0.3, 0.4) is 0 Å². The molecule has 1 aromatic heterocycles. The average molecular weight is 261 g/mol. The van der Waals surface area contributed by atoms with E-state index in [9.17, 15) is 9.90 Å². The van der Waals surface area contributed by atoms with E-state index in [1.165, 1.54) is 0 Å². The van der Waals surface area contributed by atoms with Crippen molar-refractivity contribution in [2.75, 3.05) is 19.6 Å². The lowest BCUT2D eigenvalue weighted by molar-refractivity contribution is -0.0835. The van der Waals surface area contributed by atoms with Crippen LogP contribution < -0.4 is 5.69 Å². The Morgan fingerprint density at radius 3 is 2.79 bits per heavy atom. The molecule has 5 nitrogen and oxygen atoms in total. The average Bonchev–Trinajstić information content (AvgIpc) is 2.63. The molecular formula is C14H19N3O2. The van der Waals surface area contributed by atoms with Crippen molar-refractivity contribution in [2.24, 2.45) is 0 Å². The van der Waals surface area contributed by atoms with Crippen LogP contribution in [-0.2, 0) is 6.54 Å². The number of imidazole rings is 1. The van der Waals surface area contributed by atoms with E-state index < -0.39 is 5.60 Å². The van der Waals surface area contributed by atoms with Crippen molar-refractivity contribution in [3.05, 3.63) is 34.7 Å². The molecular weight excluding hydrogens is 242 g/mol. The Bertz CT molecular complexity index is 633. The number of aromatic amines is 1. The molecule has 1 aliphatic heterocycles. The summed E-state index contributed by atoms with van der Waals surface area (Å²) in [5, 5.41) is 9.65. The predicted molar refractivity (Wildman–Crippen MR) is 74.2 cm³/mol. The van der Waals surface area contributed by atoms with Crippen molar-refractivity contribution < 1.29 is 5.11 Å². The number of β-amino-alcohol motifs (C(OH)–C–C–N with tert-alkyl or cyclic N) is 1. The van der Waals surface area contributed by atoms with Gasteiger partial charge in [-0.25, -0.2) is 4.79 Å². The summed E-state index contributed by atoms with van der Waals surface area (Å²) in [5.74, 6) is 0. The smallest absolute Gasteiger partial charge is 0.326 e. The Kier molecular flexibility index (Phi) is 2.95. The third-order valence-corrected chi connectivity index (χ3v) is 3.67. The third-order valence-electron chi connectivity index (χ3n) is 3.67. The molecule has 2 heterocycles. The van der Waals surface area contributed by atoms with Crippen molar-refractivity contribution >= 4 is 11.0 Å². The van der Waals surface area contributed by atoms with Gasteiger partial charge in [-0.2, -0.15) is 0 Å². The normalized spacial score (nSPS) is 18.6. The van der Waals surface area contributed by atoms with Crippen LogP contribution in [-0.4, -0.2) is 44.8 Å². The van der Waals surface area contributed by atoms with Crippen molar-refractivity contribution in [3.63, 3.8) is 0 Å². The summed E-state index contributed by atoms with van der Waals surface area (Å²) in [7, 11) is 0. The minimum absolute atomic E-state index is 0.0446. The number of aliphatic hydroxyl groups is 1. The van der Waals surface area contributed by atoms with Crippen LogP contribution in [0.4, 0.5) is 0 Å². The summed E-state index contributed by atoms with van der Waals surface area (Å²) < 4.78 is 1.78. The van der Waals surface area contributed by atoms with Crippen LogP contribution in [0.25, 0.3) is 11.0 Å². The molecule has 0 unspecified atom stereocenters. The molecule has 0 amide bonds. The van der Waals surface area contributed by atoms with Gasteiger partial charge in [0, 0.05) is 26.2 Å². The number of para-hydroxylation sites is 2. The highest BCUT2D eigenvalue weighted by molar-refractivity contribution is 5.74. The van der Waals surface area contributed by atoms with E-state index in [0.29, 0.717) is 6.54 Å². The first-order valence-electron chi connectivity index (χ1n) is 6.67. The summed E-state index contributed by atoms with van der Waals surface area (Å²) in [6.07, 6.45) is 0.915. The van der Waals surface area contributed by atoms with Gasteiger partial charge in [0.1, 0.15) is 0 Å². The van der Waals surface area contributed by atoms with E-state index >= 15 is 0 Å². The van der Waals surface area contributed by atoms with Gasteiger partial charge < -0.3 is 10.1 Å². The fourth-order valence-electron chi connectivity index (χ4n) is 2.86. The second-order valence-corrected chi connectivity index (χ2v) is 5.66. The van der Waals surface area contributed by atoms with Gasteiger partial charge in [0.2, 0.25) is 0 Å². The van der Waals surface area contributed by atoms with Gasteiger partial charge in [-0.3, -0.25) is 9.47 Å². The number of fused-ring (bicyclic) bond motifs is 1. The second-order valence-electron chi connectivity index (χ2n) is 5.66. The third kappa shape index (κ3) is 2.43. The molecule has 2 aromatic rings. The second kappa shape index (κ2) is 4.51. The van der Waals surface area contributed by atoms with Gasteiger partial charge in [-0.1, -0.05) is 12.1 Å². The molecule has 0 spiro atoms. The summed E-state index contributed by atoms with van der Waals surface area (Å²) in [4.78, 5) is 16.9. The van der Waals surface area contributed by atoms with Crippen LogP contribution >= 0.6 is 0 Å². The Morgan fingerprint density at radius 1 is 1.32 bits per heavy atom. The number of aryl methyl sites for hydroxylation is 1. The number of rotatable bonds is 4. The zero-order valence-electron chi connectivity index (χ0n) is 11.1. The molecule has 1 aliphatic rings. The first kappa shape index (κ1) is 12.4. The molecule has 0 radical (unpaired) electrons. The molecule has 5 heteroatoms. The van der Waals surface area contributed by atoms with E-state index in [4.69, 9.17) is 0 Å². The van der Waals surface area contributed by atoms with Crippen molar-refractivity contribution in [1.29, 1.82) is 0 Å². The summed E-state index contributed by atoms with van der Waals surface area (Å²) >= 11 is 0. The van der Waals surface area contributed by atoms with Gasteiger partial charge in [0.05, 0.1) is 16.6 Å². The van der Waals surface area contributed by atoms with E-state index in [1.807, 2.05) is 31.2 Å². The number of H-pyrrole nitrogens is 1. The number of aromatic nitrogens is 2. The van der Waals surface area contributed by atoms with Crippen molar-refractivity contribution in [2.45, 2.75) is 25.5 Å². The Hall–Kier alpha value is -1.59. The topological polar surface area (TPSA) is 61.3 Å². The van der Waals surface area contributed by atoms with Crippen LogP contribution in [0.2, 0.25) is 0 Å². The van der Waals surface area contributed by atoms with Crippen LogP contribution in [0.5, 0.6) is 0 Å². The largest absolute Gasteiger partial charge is 0.388 e. The number of nitrogens with zero attached hydrogens (tertiary/aromatic N) is 2. The number of hydrogen-bond acceptors (Lipinski definition) is 3. The molecule has 0 saturated carbocycles. The summed E-state index contributed by atoms with van der Waals surface area (Å²) in [6, 6.07) is 7.74. The first-order valence-corrected chi connectivity index (χ1v) is 6.67. The summed E-state index contributed by atoms with van der Waals surface area (Å²) in [5.41, 5.74) is 1.29. The molecule has 2 N–H and O–H groups in total. The van der Waals surface area contributed by atoms with Gasteiger partial charge in [0.25, 0.3) is 0 Å². The number of likely N-dealkylation sites (tertiary alicyclic amines) is 1. The van der Waals surface area contributed by atoms with E-state index in [1.54, 1.807) is 4.57 Å². The molecule has 0 aliphatic carbocycles. The van der Waals surface area contributed by atoms with Gasteiger partial charge >= 0.3 is 5.69 Å². The summed E-state index contributed by atoms with van der Waals surface area (Å²) in [6.45, 7) is 4.95. The minimum Gasteiger partial charge on any atom is -0.388 e. The number of benzene rings is 1. The highest BCUT2D eigenvalue weighted by atomic mass is 16.3. The zero-order chi connectivity index (χ0) is 13.5. The first-order chi connectivity index (χ1) is 9.05. The van der Waals surface area contributed by atoms with E-state index in [2.05, 4.69) is 9.88 Å². The molecule has 19 heavy (non-hydrogen) atoms. The van der Waals surface area contributed by atoms with E-state index in [0.717, 1.165) is 37.1 Å². The highest BCUT2D eigenvalue weighted by Gasteiger charge is 2.35. The Balaban J connectivity index is 1.63. The molecule has 0 atom stereocenters. The van der Waals surface area contributed by atoms with Gasteiger partial charge in [0.15, 0.2) is 0 Å². The molecule has 3 rings (SSSR count). The Morgan fingerprint density at radius 2 is 2.05 bits per heavy atom. The lowest BCUT2D eigenvalue weighted by atomic mass is 9.97. The minimum atomic E-state index is -0.516.